The largest absolute Gasteiger partial charge is 0.496 e. The van der Waals surface area contributed by atoms with Gasteiger partial charge in [0.15, 0.2) is 0 Å². The quantitative estimate of drug-likeness (QED) is 0.803. The minimum Gasteiger partial charge on any atom is -0.496 e. The molecule has 19 heavy (non-hydrogen) atoms. The summed E-state index contributed by atoms with van der Waals surface area (Å²) in [6, 6.07) is 11.4. The SMILES string of the molecule is CCn1c(-c2ccccc2OC)ccc(CCl)c1=O. The molecule has 2 aromatic rings. The van der Waals surface area contributed by atoms with Gasteiger partial charge < -0.3 is 9.30 Å². The molecule has 0 N–H and O–H groups in total. The Hall–Kier alpha value is -1.74. The molecule has 0 unspecified atom stereocenters. The fraction of sp³-hybridized carbons (Fsp3) is 0.267. The first-order valence-corrected chi connectivity index (χ1v) is 6.68. The van der Waals surface area contributed by atoms with E-state index in [9.17, 15) is 4.79 Å². The van der Waals surface area contributed by atoms with Crippen molar-refractivity contribution in [2.75, 3.05) is 7.11 Å². The van der Waals surface area contributed by atoms with Gasteiger partial charge in [0.25, 0.3) is 5.56 Å². The van der Waals surface area contributed by atoms with Gasteiger partial charge in [0.2, 0.25) is 0 Å². The smallest absolute Gasteiger partial charge is 0.255 e. The molecule has 0 amide bonds. The fourth-order valence-corrected chi connectivity index (χ4v) is 2.33. The summed E-state index contributed by atoms with van der Waals surface area (Å²) in [4.78, 5) is 12.3. The van der Waals surface area contributed by atoms with E-state index < -0.39 is 0 Å². The Balaban J connectivity index is 2.69. The summed E-state index contributed by atoms with van der Waals surface area (Å²) in [5.41, 5.74) is 2.33. The number of hydrogen-bond donors (Lipinski definition) is 0. The van der Waals surface area contributed by atoms with Gasteiger partial charge in [-0.2, -0.15) is 0 Å². The van der Waals surface area contributed by atoms with Crippen LogP contribution in [-0.4, -0.2) is 11.7 Å². The maximum Gasteiger partial charge on any atom is 0.255 e. The van der Waals surface area contributed by atoms with Gasteiger partial charge >= 0.3 is 0 Å². The Morgan fingerprint density at radius 2 is 1.95 bits per heavy atom. The van der Waals surface area contributed by atoms with E-state index in [-0.39, 0.29) is 11.4 Å². The van der Waals surface area contributed by atoms with Crippen LogP contribution in [0.2, 0.25) is 0 Å². The molecule has 0 fully saturated rings. The van der Waals surface area contributed by atoms with Crippen molar-refractivity contribution in [1.82, 2.24) is 4.57 Å². The lowest BCUT2D eigenvalue weighted by Gasteiger charge is -2.14. The molecule has 0 saturated carbocycles. The number of pyridine rings is 1. The van der Waals surface area contributed by atoms with E-state index in [0.717, 1.165) is 17.0 Å². The zero-order valence-corrected chi connectivity index (χ0v) is 11.8. The highest BCUT2D eigenvalue weighted by Gasteiger charge is 2.12. The van der Waals surface area contributed by atoms with E-state index >= 15 is 0 Å². The van der Waals surface area contributed by atoms with E-state index in [1.165, 1.54) is 0 Å². The standard InChI is InChI=1S/C15H16ClNO2/c1-3-17-13(9-8-11(10-16)15(17)18)12-6-4-5-7-14(12)19-2/h4-9H,3,10H2,1-2H3. The van der Waals surface area contributed by atoms with Gasteiger partial charge in [-0.05, 0) is 25.1 Å². The maximum absolute atomic E-state index is 12.3. The lowest BCUT2D eigenvalue weighted by Crippen LogP contribution is -2.23. The lowest BCUT2D eigenvalue weighted by molar-refractivity contribution is 0.416. The molecule has 0 aliphatic heterocycles. The summed E-state index contributed by atoms with van der Waals surface area (Å²) in [7, 11) is 1.63. The third-order valence-corrected chi connectivity index (χ3v) is 3.38. The predicted octanol–water partition coefficient (Wildman–Crippen LogP) is 3.28. The van der Waals surface area contributed by atoms with E-state index in [2.05, 4.69) is 0 Å². The number of ether oxygens (including phenoxy) is 1. The van der Waals surface area contributed by atoms with Gasteiger partial charge in [-0.1, -0.05) is 18.2 Å². The molecule has 100 valence electrons. The molecule has 1 aromatic heterocycles. The number of aromatic nitrogens is 1. The van der Waals surface area contributed by atoms with Crippen molar-refractivity contribution in [2.45, 2.75) is 19.3 Å². The molecule has 0 saturated heterocycles. The summed E-state index contributed by atoms with van der Waals surface area (Å²) in [6.07, 6.45) is 0. The van der Waals surface area contributed by atoms with Crippen molar-refractivity contribution >= 4 is 11.6 Å². The molecular formula is C15H16ClNO2. The van der Waals surface area contributed by atoms with Crippen LogP contribution in [-0.2, 0) is 12.4 Å². The van der Waals surface area contributed by atoms with E-state index in [1.54, 1.807) is 17.7 Å². The van der Waals surface area contributed by atoms with Crippen LogP contribution in [0.3, 0.4) is 0 Å². The molecule has 1 aromatic carbocycles. The normalized spacial score (nSPS) is 10.5. The molecule has 0 atom stereocenters. The van der Waals surface area contributed by atoms with Gasteiger partial charge in [-0.25, -0.2) is 0 Å². The van der Waals surface area contributed by atoms with Gasteiger partial charge in [0.1, 0.15) is 5.75 Å². The van der Waals surface area contributed by atoms with Crippen molar-refractivity contribution in [2.24, 2.45) is 0 Å². The fourth-order valence-electron chi connectivity index (χ4n) is 2.13. The van der Waals surface area contributed by atoms with E-state index in [4.69, 9.17) is 16.3 Å². The van der Waals surface area contributed by atoms with Gasteiger partial charge in [-0.3, -0.25) is 4.79 Å². The van der Waals surface area contributed by atoms with Crippen molar-refractivity contribution < 1.29 is 4.74 Å². The van der Waals surface area contributed by atoms with Crippen LogP contribution in [0, 0.1) is 0 Å². The molecule has 0 aliphatic carbocycles. The number of nitrogens with zero attached hydrogens (tertiary/aromatic N) is 1. The van der Waals surface area contributed by atoms with Gasteiger partial charge in [-0.15, -0.1) is 11.6 Å². The molecule has 0 aliphatic rings. The van der Waals surface area contributed by atoms with Crippen molar-refractivity contribution in [1.29, 1.82) is 0 Å². The first-order chi connectivity index (χ1) is 9.22. The first-order valence-electron chi connectivity index (χ1n) is 6.15. The molecule has 4 heteroatoms. The summed E-state index contributed by atoms with van der Waals surface area (Å²) in [5, 5.41) is 0. The average Bonchev–Trinajstić information content (AvgIpc) is 2.46. The molecular weight excluding hydrogens is 262 g/mol. The van der Waals surface area contributed by atoms with Crippen molar-refractivity contribution in [3.63, 3.8) is 0 Å². The molecule has 0 spiro atoms. The number of para-hydroxylation sites is 1. The molecule has 0 bridgehead atoms. The Kier molecular flexibility index (Phi) is 4.27. The van der Waals surface area contributed by atoms with Crippen LogP contribution in [0.1, 0.15) is 12.5 Å². The Labute approximate surface area is 117 Å². The third kappa shape index (κ3) is 2.51. The minimum atomic E-state index is -0.0408. The second-order valence-corrected chi connectivity index (χ2v) is 4.39. The first kappa shape index (κ1) is 13.7. The van der Waals surface area contributed by atoms with Crippen LogP contribution < -0.4 is 10.3 Å². The maximum atomic E-state index is 12.3. The summed E-state index contributed by atoms with van der Waals surface area (Å²) < 4.78 is 7.07. The predicted molar refractivity (Wildman–Crippen MR) is 77.9 cm³/mol. The number of rotatable bonds is 4. The van der Waals surface area contributed by atoms with E-state index in [1.807, 2.05) is 37.3 Å². The van der Waals surface area contributed by atoms with Crippen molar-refractivity contribution in [3.8, 4) is 17.0 Å². The van der Waals surface area contributed by atoms with E-state index in [0.29, 0.717) is 12.1 Å². The van der Waals surface area contributed by atoms with Crippen LogP contribution in [0.5, 0.6) is 5.75 Å². The zero-order valence-electron chi connectivity index (χ0n) is 11.0. The molecule has 0 radical (unpaired) electrons. The third-order valence-electron chi connectivity index (χ3n) is 3.10. The van der Waals surface area contributed by atoms with Crippen LogP contribution >= 0.6 is 11.6 Å². The minimum absolute atomic E-state index is 0.0408. The second-order valence-electron chi connectivity index (χ2n) is 4.13. The van der Waals surface area contributed by atoms with Crippen molar-refractivity contribution in [3.05, 3.63) is 52.3 Å². The number of hydrogen-bond acceptors (Lipinski definition) is 2. The molecule has 3 nitrogen and oxygen atoms in total. The second kappa shape index (κ2) is 5.93. The highest BCUT2D eigenvalue weighted by Crippen LogP contribution is 2.28. The lowest BCUT2D eigenvalue weighted by atomic mass is 10.1. The average molecular weight is 278 g/mol. The van der Waals surface area contributed by atoms with Crippen LogP contribution in [0.25, 0.3) is 11.3 Å². The highest BCUT2D eigenvalue weighted by molar-refractivity contribution is 6.17. The molecule has 1 heterocycles. The Morgan fingerprint density at radius 1 is 1.21 bits per heavy atom. The van der Waals surface area contributed by atoms with Gasteiger partial charge in [0, 0.05) is 17.7 Å². The summed E-state index contributed by atoms with van der Waals surface area (Å²) >= 11 is 5.78. The number of benzene rings is 1. The summed E-state index contributed by atoms with van der Waals surface area (Å²) in [5.74, 6) is 0.980. The topological polar surface area (TPSA) is 31.2 Å². The zero-order chi connectivity index (χ0) is 13.8. The van der Waals surface area contributed by atoms with Crippen LogP contribution in [0.4, 0.5) is 0 Å². The van der Waals surface area contributed by atoms with Gasteiger partial charge in [0.05, 0.1) is 18.7 Å². The number of alkyl halides is 1. The number of halogens is 1. The van der Waals surface area contributed by atoms with Crippen LogP contribution in [0.15, 0.2) is 41.2 Å². The summed E-state index contributed by atoms with van der Waals surface area (Å²) in [6.45, 7) is 2.54. The highest BCUT2D eigenvalue weighted by atomic mass is 35.5. The Morgan fingerprint density at radius 3 is 2.58 bits per heavy atom. The number of methoxy groups -OCH3 is 1. The monoisotopic (exact) mass is 277 g/mol. The Bertz CT molecular complexity index is 634. The molecule has 2 rings (SSSR count).